The van der Waals surface area contributed by atoms with E-state index < -0.39 is 5.41 Å². The van der Waals surface area contributed by atoms with E-state index in [4.69, 9.17) is 11.6 Å². The van der Waals surface area contributed by atoms with Gasteiger partial charge in [0.25, 0.3) is 0 Å². The summed E-state index contributed by atoms with van der Waals surface area (Å²) in [6.07, 6.45) is 2.86. The highest BCUT2D eigenvalue weighted by atomic mass is 35.5. The van der Waals surface area contributed by atoms with Gasteiger partial charge in [-0.3, -0.25) is 4.79 Å². The summed E-state index contributed by atoms with van der Waals surface area (Å²) >= 11 is 7.27. The van der Waals surface area contributed by atoms with Gasteiger partial charge in [-0.15, -0.1) is 5.10 Å². The number of benzene rings is 1. The molecule has 1 fully saturated rings. The van der Waals surface area contributed by atoms with Crippen LogP contribution in [0, 0.1) is 6.92 Å². The fourth-order valence-corrected chi connectivity index (χ4v) is 3.39. The van der Waals surface area contributed by atoms with Crippen LogP contribution in [0.1, 0.15) is 35.4 Å². The second-order valence-electron chi connectivity index (χ2n) is 5.41. The number of hydrogen-bond acceptors (Lipinski definition) is 4. The zero-order chi connectivity index (χ0) is 14.9. The normalized spacial score (nSPS) is 16.3. The Kier molecular flexibility index (Phi) is 3.95. The van der Waals surface area contributed by atoms with Crippen molar-refractivity contribution in [3.8, 4) is 0 Å². The van der Waals surface area contributed by atoms with Gasteiger partial charge in [-0.2, -0.15) is 0 Å². The number of halogens is 1. The van der Waals surface area contributed by atoms with Gasteiger partial charge in [-0.25, -0.2) is 0 Å². The molecular weight excluding hydrogens is 306 g/mol. The third-order valence-corrected chi connectivity index (χ3v) is 5.27. The number of hydrogen-bond donors (Lipinski definition) is 1. The Morgan fingerprint density at radius 3 is 2.62 bits per heavy atom. The van der Waals surface area contributed by atoms with Crippen LogP contribution < -0.4 is 5.32 Å². The van der Waals surface area contributed by atoms with E-state index in [1.54, 1.807) is 0 Å². The molecule has 1 amide bonds. The first-order valence-corrected chi connectivity index (χ1v) is 8.09. The maximum Gasteiger partial charge on any atom is 0.230 e. The standard InChI is InChI=1S/C15H16ClN3OS/c1-10-13(21-19-18-10)9-17-14(20)15(7-2-8-15)11-3-5-12(16)6-4-11/h3-6H,2,7-9H2,1H3,(H,17,20). The summed E-state index contributed by atoms with van der Waals surface area (Å²) in [5.74, 6) is 0.0869. The Labute approximate surface area is 132 Å². The highest BCUT2D eigenvalue weighted by molar-refractivity contribution is 7.05. The molecule has 1 aliphatic carbocycles. The minimum absolute atomic E-state index is 0.0869. The summed E-state index contributed by atoms with van der Waals surface area (Å²) in [5.41, 5.74) is 1.54. The van der Waals surface area contributed by atoms with Crippen LogP contribution in [-0.4, -0.2) is 15.5 Å². The smallest absolute Gasteiger partial charge is 0.230 e. The summed E-state index contributed by atoms with van der Waals surface area (Å²) in [6.45, 7) is 2.40. The van der Waals surface area contributed by atoms with Crippen molar-refractivity contribution in [2.45, 2.75) is 38.1 Å². The molecule has 1 aromatic carbocycles. The van der Waals surface area contributed by atoms with E-state index in [1.807, 2.05) is 31.2 Å². The molecule has 0 atom stereocenters. The lowest BCUT2D eigenvalue weighted by atomic mass is 9.64. The Hall–Kier alpha value is -1.46. The molecule has 1 saturated carbocycles. The topological polar surface area (TPSA) is 54.9 Å². The predicted octanol–water partition coefficient (Wildman–Crippen LogP) is 3.24. The average molecular weight is 322 g/mol. The van der Waals surface area contributed by atoms with Crippen molar-refractivity contribution < 1.29 is 4.79 Å². The van der Waals surface area contributed by atoms with Crippen molar-refractivity contribution in [2.75, 3.05) is 0 Å². The molecule has 0 bridgehead atoms. The van der Waals surface area contributed by atoms with Gasteiger partial charge in [0.05, 0.1) is 22.5 Å². The molecule has 4 nitrogen and oxygen atoms in total. The van der Waals surface area contributed by atoms with Crippen LogP contribution in [0.5, 0.6) is 0 Å². The third-order valence-electron chi connectivity index (χ3n) is 4.19. The summed E-state index contributed by atoms with van der Waals surface area (Å²) in [5, 5.41) is 7.70. The average Bonchev–Trinajstić information content (AvgIpc) is 2.83. The van der Waals surface area contributed by atoms with E-state index in [0.29, 0.717) is 11.6 Å². The molecule has 3 rings (SSSR count). The zero-order valence-electron chi connectivity index (χ0n) is 11.7. The van der Waals surface area contributed by atoms with E-state index in [9.17, 15) is 4.79 Å². The van der Waals surface area contributed by atoms with Crippen LogP contribution in [0.3, 0.4) is 0 Å². The second kappa shape index (κ2) is 5.73. The van der Waals surface area contributed by atoms with E-state index in [-0.39, 0.29) is 5.91 Å². The van der Waals surface area contributed by atoms with E-state index >= 15 is 0 Å². The Morgan fingerprint density at radius 1 is 1.38 bits per heavy atom. The molecule has 1 aliphatic rings. The predicted molar refractivity (Wildman–Crippen MR) is 83.5 cm³/mol. The first kappa shape index (κ1) is 14.5. The Balaban J connectivity index is 1.75. The lowest BCUT2D eigenvalue weighted by molar-refractivity contribution is -0.130. The van der Waals surface area contributed by atoms with Crippen molar-refractivity contribution in [3.05, 3.63) is 45.4 Å². The molecule has 21 heavy (non-hydrogen) atoms. The minimum Gasteiger partial charge on any atom is -0.350 e. The molecule has 0 radical (unpaired) electrons. The van der Waals surface area contributed by atoms with Crippen LogP contribution >= 0.6 is 23.1 Å². The zero-order valence-corrected chi connectivity index (χ0v) is 13.3. The van der Waals surface area contributed by atoms with Gasteiger partial charge in [-0.1, -0.05) is 34.6 Å². The maximum absolute atomic E-state index is 12.7. The third kappa shape index (κ3) is 2.68. The van der Waals surface area contributed by atoms with Crippen molar-refractivity contribution in [1.29, 1.82) is 0 Å². The first-order valence-electron chi connectivity index (χ1n) is 6.94. The summed E-state index contributed by atoms with van der Waals surface area (Å²) in [7, 11) is 0. The molecule has 2 aromatic rings. The number of carbonyl (C=O) groups excluding carboxylic acids is 1. The monoisotopic (exact) mass is 321 g/mol. The highest BCUT2D eigenvalue weighted by Gasteiger charge is 2.45. The number of nitrogens with zero attached hydrogens (tertiary/aromatic N) is 2. The Morgan fingerprint density at radius 2 is 2.10 bits per heavy atom. The molecule has 1 heterocycles. The van der Waals surface area contributed by atoms with Crippen molar-refractivity contribution in [1.82, 2.24) is 14.9 Å². The SMILES string of the molecule is Cc1nnsc1CNC(=O)C1(c2ccc(Cl)cc2)CCC1. The molecule has 110 valence electrons. The number of aryl methyl sites for hydroxylation is 1. The molecule has 0 spiro atoms. The molecule has 1 aromatic heterocycles. The highest BCUT2D eigenvalue weighted by Crippen LogP contribution is 2.44. The van der Waals surface area contributed by atoms with Crippen LogP contribution in [0.2, 0.25) is 5.02 Å². The van der Waals surface area contributed by atoms with Gasteiger partial charge in [0.1, 0.15) is 0 Å². The van der Waals surface area contributed by atoms with Crippen LogP contribution in [0.15, 0.2) is 24.3 Å². The van der Waals surface area contributed by atoms with E-state index in [1.165, 1.54) is 11.5 Å². The molecule has 0 unspecified atom stereocenters. The lowest BCUT2D eigenvalue weighted by Crippen LogP contribution is -2.48. The van der Waals surface area contributed by atoms with Crippen molar-refractivity contribution in [3.63, 3.8) is 0 Å². The van der Waals surface area contributed by atoms with Crippen molar-refractivity contribution in [2.24, 2.45) is 0 Å². The van der Waals surface area contributed by atoms with Crippen LogP contribution in [-0.2, 0) is 16.8 Å². The Bertz CT molecular complexity index is 649. The molecule has 1 N–H and O–H groups in total. The van der Waals surface area contributed by atoms with Crippen LogP contribution in [0.25, 0.3) is 0 Å². The van der Waals surface area contributed by atoms with Gasteiger partial charge >= 0.3 is 0 Å². The van der Waals surface area contributed by atoms with Gasteiger partial charge in [-0.05, 0) is 49.0 Å². The maximum atomic E-state index is 12.7. The summed E-state index contributed by atoms with van der Waals surface area (Å²) in [4.78, 5) is 13.7. The second-order valence-corrected chi connectivity index (χ2v) is 6.68. The molecule has 0 saturated heterocycles. The van der Waals surface area contributed by atoms with E-state index in [2.05, 4.69) is 14.9 Å². The number of rotatable bonds is 4. The van der Waals surface area contributed by atoms with Crippen LogP contribution in [0.4, 0.5) is 0 Å². The van der Waals surface area contributed by atoms with E-state index in [0.717, 1.165) is 35.4 Å². The summed E-state index contributed by atoms with van der Waals surface area (Å²) < 4.78 is 3.89. The molecular formula is C15H16ClN3OS. The molecule has 6 heteroatoms. The fourth-order valence-electron chi connectivity index (χ4n) is 2.69. The van der Waals surface area contributed by atoms with Gasteiger partial charge in [0.15, 0.2) is 0 Å². The minimum atomic E-state index is -0.392. The number of amides is 1. The molecule has 0 aliphatic heterocycles. The van der Waals surface area contributed by atoms with Gasteiger partial charge in [0.2, 0.25) is 5.91 Å². The van der Waals surface area contributed by atoms with Gasteiger partial charge < -0.3 is 5.32 Å². The number of carbonyl (C=O) groups is 1. The number of nitrogens with one attached hydrogen (secondary N) is 1. The van der Waals surface area contributed by atoms with Crippen molar-refractivity contribution >= 4 is 29.0 Å². The summed E-state index contributed by atoms with van der Waals surface area (Å²) in [6, 6.07) is 7.62. The van der Waals surface area contributed by atoms with Gasteiger partial charge in [0, 0.05) is 5.02 Å². The lowest BCUT2D eigenvalue weighted by Gasteiger charge is -2.40. The quantitative estimate of drug-likeness (QED) is 0.940. The number of aromatic nitrogens is 2. The largest absolute Gasteiger partial charge is 0.350 e. The first-order chi connectivity index (χ1) is 10.1. The fraction of sp³-hybridized carbons (Fsp3) is 0.400.